The van der Waals surface area contributed by atoms with Gasteiger partial charge in [-0.05, 0) is 43.9 Å². The lowest BCUT2D eigenvalue weighted by Crippen LogP contribution is -2.38. The third kappa shape index (κ3) is 2.26. The lowest BCUT2D eigenvalue weighted by molar-refractivity contribution is 0.0700. The summed E-state index contributed by atoms with van der Waals surface area (Å²) < 4.78 is 0. The molecule has 1 amide bonds. The van der Waals surface area contributed by atoms with Crippen molar-refractivity contribution in [3.8, 4) is 0 Å². The first-order chi connectivity index (χ1) is 8.67. The molecule has 1 heterocycles. The quantitative estimate of drug-likeness (QED) is 0.878. The van der Waals surface area contributed by atoms with Crippen molar-refractivity contribution in [3.63, 3.8) is 0 Å². The number of hydrogen-bond donors (Lipinski definition) is 1. The Labute approximate surface area is 108 Å². The van der Waals surface area contributed by atoms with Crippen molar-refractivity contribution >= 4 is 16.8 Å². The Morgan fingerprint density at radius 1 is 1.33 bits per heavy atom. The first kappa shape index (κ1) is 12.7. The summed E-state index contributed by atoms with van der Waals surface area (Å²) in [6, 6.07) is 8.12. The van der Waals surface area contributed by atoms with E-state index in [1.807, 2.05) is 42.3 Å². The van der Waals surface area contributed by atoms with E-state index in [0.717, 1.165) is 29.4 Å². The molecule has 0 aliphatic heterocycles. The lowest BCUT2D eigenvalue weighted by Gasteiger charge is -2.27. The Morgan fingerprint density at radius 3 is 2.78 bits per heavy atom. The van der Waals surface area contributed by atoms with Crippen LogP contribution in [0.3, 0.4) is 0 Å². The molecule has 3 heteroatoms. The van der Waals surface area contributed by atoms with Crippen LogP contribution in [-0.4, -0.2) is 28.4 Å². The number of benzene rings is 1. The Hall–Kier alpha value is -1.77. The minimum absolute atomic E-state index is 0.114. The van der Waals surface area contributed by atoms with Gasteiger partial charge in [-0.3, -0.25) is 4.79 Å². The van der Waals surface area contributed by atoms with Crippen LogP contribution in [0.5, 0.6) is 0 Å². The van der Waals surface area contributed by atoms with Gasteiger partial charge in [0.05, 0.1) is 0 Å². The average molecular weight is 244 g/mol. The first-order valence-corrected chi connectivity index (χ1v) is 6.55. The minimum atomic E-state index is 0.114. The summed E-state index contributed by atoms with van der Waals surface area (Å²) in [5.74, 6) is 0.114. The van der Waals surface area contributed by atoms with Crippen LogP contribution in [0.4, 0.5) is 0 Å². The zero-order valence-electron chi connectivity index (χ0n) is 11.2. The lowest BCUT2D eigenvalue weighted by atomic mass is 10.1. The number of nitrogens with zero attached hydrogens (tertiary/aromatic N) is 1. The van der Waals surface area contributed by atoms with Crippen LogP contribution in [0.15, 0.2) is 30.5 Å². The number of hydrogen-bond acceptors (Lipinski definition) is 1. The summed E-state index contributed by atoms with van der Waals surface area (Å²) in [5.41, 5.74) is 1.77. The van der Waals surface area contributed by atoms with Crippen molar-refractivity contribution < 1.29 is 4.79 Å². The van der Waals surface area contributed by atoms with Crippen molar-refractivity contribution in [2.45, 2.75) is 33.2 Å². The molecule has 3 nitrogen and oxygen atoms in total. The molecule has 18 heavy (non-hydrogen) atoms. The molecule has 1 aromatic carbocycles. The van der Waals surface area contributed by atoms with Gasteiger partial charge in [0.25, 0.3) is 5.91 Å². The van der Waals surface area contributed by atoms with E-state index in [1.165, 1.54) is 0 Å². The zero-order chi connectivity index (χ0) is 13.1. The molecule has 2 rings (SSSR count). The normalized spacial score (nSPS) is 12.6. The average Bonchev–Trinajstić information content (AvgIpc) is 2.86. The number of nitrogens with one attached hydrogen (secondary N) is 1. The minimum Gasteiger partial charge on any atom is -0.361 e. The molecule has 1 atom stereocenters. The number of H-pyrrole nitrogens is 1. The van der Waals surface area contributed by atoms with E-state index in [2.05, 4.69) is 18.8 Å². The number of fused-ring (bicyclic) bond motifs is 1. The van der Waals surface area contributed by atoms with Crippen LogP contribution in [0.2, 0.25) is 0 Å². The number of amides is 1. The van der Waals surface area contributed by atoms with E-state index in [0.29, 0.717) is 0 Å². The standard InChI is InChI=1S/C15H20N2O/c1-4-11(3)17(5-2)15(18)13-7-6-12-8-9-16-14(12)10-13/h6-11,16H,4-5H2,1-3H3. The SMILES string of the molecule is CCC(C)N(CC)C(=O)c1ccc2cc[nH]c2c1. The van der Waals surface area contributed by atoms with E-state index >= 15 is 0 Å². The van der Waals surface area contributed by atoms with E-state index in [4.69, 9.17) is 0 Å². The van der Waals surface area contributed by atoms with Crippen molar-refractivity contribution in [2.75, 3.05) is 6.54 Å². The molecule has 2 aromatic rings. The molecule has 0 aliphatic rings. The predicted molar refractivity (Wildman–Crippen MR) is 74.8 cm³/mol. The number of carbonyl (C=O) groups excluding carboxylic acids is 1. The highest BCUT2D eigenvalue weighted by Crippen LogP contribution is 2.17. The third-order valence-electron chi connectivity index (χ3n) is 3.53. The topological polar surface area (TPSA) is 36.1 Å². The van der Waals surface area contributed by atoms with E-state index in [9.17, 15) is 4.79 Å². The van der Waals surface area contributed by atoms with Crippen LogP contribution in [0, 0.1) is 0 Å². The smallest absolute Gasteiger partial charge is 0.254 e. The Balaban J connectivity index is 2.31. The first-order valence-electron chi connectivity index (χ1n) is 6.55. The van der Waals surface area contributed by atoms with E-state index in [-0.39, 0.29) is 11.9 Å². The van der Waals surface area contributed by atoms with Gasteiger partial charge >= 0.3 is 0 Å². The summed E-state index contributed by atoms with van der Waals surface area (Å²) >= 11 is 0. The molecule has 1 N–H and O–H groups in total. The van der Waals surface area contributed by atoms with E-state index < -0.39 is 0 Å². The maximum atomic E-state index is 12.5. The highest BCUT2D eigenvalue weighted by Gasteiger charge is 2.18. The Bertz CT molecular complexity index is 544. The van der Waals surface area contributed by atoms with Gasteiger partial charge in [-0.25, -0.2) is 0 Å². The van der Waals surface area contributed by atoms with Crippen LogP contribution in [-0.2, 0) is 0 Å². The summed E-state index contributed by atoms with van der Waals surface area (Å²) in [4.78, 5) is 17.5. The molecule has 1 unspecified atom stereocenters. The molecular weight excluding hydrogens is 224 g/mol. The maximum absolute atomic E-state index is 12.5. The second-order valence-electron chi connectivity index (χ2n) is 4.63. The van der Waals surface area contributed by atoms with Crippen molar-refractivity contribution in [3.05, 3.63) is 36.0 Å². The van der Waals surface area contributed by atoms with Gasteiger partial charge in [0.1, 0.15) is 0 Å². The second kappa shape index (κ2) is 5.25. The molecule has 0 saturated heterocycles. The van der Waals surface area contributed by atoms with E-state index in [1.54, 1.807) is 0 Å². The van der Waals surface area contributed by atoms with Gasteiger partial charge in [-0.1, -0.05) is 13.0 Å². The molecule has 1 aromatic heterocycles. The monoisotopic (exact) mass is 244 g/mol. The highest BCUT2D eigenvalue weighted by molar-refractivity contribution is 5.98. The molecule has 0 aliphatic carbocycles. The van der Waals surface area contributed by atoms with Gasteiger partial charge in [0.15, 0.2) is 0 Å². The molecule has 0 fully saturated rings. The number of aromatic nitrogens is 1. The second-order valence-corrected chi connectivity index (χ2v) is 4.63. The number of rotatable bonds is 4. The van der Waals surface area contributed by atoms with Crippen molar-refractivity contribution in [1.29, 1.82) is 0 Å². The van der Waals surface area contributed by atoms with Gasteiger partial charge in [-0.2, -0.15) is 0 Å². The largest absolute Gasteiger partial charge is 0.361 e. The fraction of sp³-hybridized carbons (Fsp3) is 0.400. The molecule has 0 saturated carbocycles. The fourth-order valence-corrected chi connectivity index (χ4v) is 2.22. The number of aromatic amines is 1. The van der Waals surface area contributed by atoms with Crippen molar-refractivity contribution in [2.24, 2.45) is 0 Å². The predicted octanol–water partition coefficient (Wildman–Crippen LogP) is 3.43. The summed E-state index contributed by atoms with van der Waals surface area (Å²) in [6.45, 7) is 6.97. The maximum Gasteiger partial charge on any atom is 0.254 e. The van der Waals surface area contributed by atoms with Crippen LogP contribution in [0.25, 0.3) is 10.9 Å². The fourth-order valence-electron chi connectivity index (χ4n) is 2.22. The summed E-state index contributed by atoms with van der Waals surface area (Å²) in [7, 11) is 0. The van der Waals surface area contributed by atoms with Gasteiger partial charge in [0, 0.05) is 29.9 Å². The summed E-state index contributed by atoms with van der Waals surface area (Å²) in [6.07, 6.45) is 2.87. The third-order valence-corrected chi connectivity index (χ3v) is 3.53. The molecule has 0 bridgehead atoms. The van der Waals surface area contributed by atoms with Crippen LogP contribution < -0.4 is 0 Å². The van der Waals surface area contributed by atoms with Gasteiger partial charge in [-0.15, -0.1) is 0 Å². The zero-order valence-corrected chi connectivity index (χ0v) is 11.2. The highest BCUT2D eigenvalue weighted by atomic mass is 16.2. The molecular formula is C15H20N2O. The Morgan fingerprint density at radius 2 is 2.11 bits per heavy atom. The van der Waals surface area contributed by atoms with Crippen molar-refractivity contribution in [1.82, 2.24) is 9.88 Å². The molecule has 0 radical (unpaired) electrons. The molecule has 0 spiro atoms. The number of carbonyl (C=O) groups is 1. The molecule has 96 valence electrons. The van der Waals surface area contributed by atoms with Crippen LogP contribution in [0.1, 0.15) is 37.6 Å². The summed E-state index contributed by atoms with van der Waals surface area (Å²) in [5, 5.41) is 1.14. The van der Waals surface area contributed by atoms with Gasteiger partial charge in [0.2, 0.25) is 0 Å². The van der Waals surface area contributed by atoms with Gasteiger partial charge < -0.3 is 9.88 Å². The Kier molecular flexibility index (Phi) is 3.70. The van der Waals surface area contributed by atoms with Crippen LogP contribution >= 0.6 is 0 Å².